The van der Waals surface area contributed by atoms with E-state index in [0.29, 0.717) is 24.3 Å². The molecule has 1 N–H and O–H groups in total. The maximum Gasteiger partial charge on any atom is 0.291 e. The summed E-state index contributed by atoms with van der Waals surface area (Å²) in [4.78, 5) is 20.1. The number of aliphatic imine (C=N–C) groups is 1. The van der Waals surface area contributed by atoms with E-state index < -0.39 is 0 Å². The fourth-order valence-corrected chi connectivity index (χ4v) is 4.12. The molecule has 148 valence electrons. The number of nitrogens with zero attached hydrogens (tertiary/aromatic N) is 5. The lowest BCUT2D eigenvalue weighted by atomic mass is 9.82. The quantitative estimate of drug-likeness (QED) is 0.793. The van der Waals surface area contributed by atoms with Gasteiger partial charge < -0.3 is 9.64 Å². The Hall–Kier alpha value is -2.19. The zero-order valence-corrected chi connectivity index (χ0v) is 17.4. The van der Waals surface area contributed by atoms with Gasteiger partial charge in [0.1, 0.15) is 17.7 Å². The zero-order chi connectivity index (χ0) is 19.6. The van der Waals surface area contributed by atoms with Gasteiger partial charge in [-0.2, -0.15) is 0 Å². The van der Waals surface area contributed by atoms with Crippen LogP contribution in [0.5, 0.6) is 0 Å². The molecule has 2 aliphatic rings. The van der Waals surface area contributed by atoms with Crippen molar-refractivity contribution >= 4 is 23.6 Å². The van der Waals surface area contributed by atoms with Crippen molar-refractivity contribution in [2.24, 2.45) is 10.9 Å². The van der Waals surface area contributed by atoms with Gasteiger partial charge in [-0.15, -0.1) is 11.8 Å². The summed E-state index contributed by atoms with van der Waals surface area (Å²) in [6, 6.07) is 6.45. The fourth-order valence-electron chi connectivity index (χ4n) is 3.76. The Morgan fingerprint density at radius 3 is 2.75 bits per heavy atom. The normalized spacial score (nSPS) is 23.3. The van der Waals surface area contributed by atoms with Gasteiger partial charge in [0.05, 0.1) is 17.3 Å². The van der Waals surface area contributed by atoms with Crippen LogP contribution >= 0.6 is 11.8 Å². The summed E-state index contributed by atoms with van der Waals surface area (Å²) in [7, 11) is 2.17. The maximum absolute atomic E-state index is 6.25. The van der Waals surface area contributed by atoms with E-state index in [1.165, 1.54) is 0 Å². The van der Waals surface area contributed by atoms with E-state index in [2.05, 4.69) is 44.1 Å². The van der Waals surface area contributed by atoms with Gasteiger partial charge in [0.2, 0.25) is 0 Å². The van der Waals surface area contributed by atoms with Crippen molar-refractivity contribution < 1.29 is 4.74 Å². The Morgan fingerprint density at radius 2 is 2.04 bits per heavy atom. The highest BCUT2D eigenvalue weighted by atomic mass is 32.2. The van der Waals surface area contributed by atoms with Crippen LogP contribution in [0.3, 0.4) is 0 Å². The van der Waals surface area contributed by atoms with Crippen LogP contribution < -0.4 is 5.32 Å². The molecule has 1 saturated heterocycles. The molecular formula is C20H26N6OS. The molecule has 2 aromatic heterocycles. The van der Waals surface area contributed by atoms with Crippen molar-refractivity contribution in [3.8, 4) is 11.3 Å². The van der Waals surface area contributed by atoms with Gasteiger partial charge >= 0.3 is 0 Å². The molecule has 0 saturated carbocycles. The van der Waals surface area contributed by atoms with Crippen LogP contribution in [0.15, 0.2) is 40.7 Å². The van der Waals surface area contributed by atoms with E-state index in [0.717, 1.165) is 42.2 Å². The second kappa shape index (κ2) is 8.05. The smallest absolute Gasteiger partial charge is 0.291 e. The first-order chi connectivity index (χ1) is 13.6. The van der Waals surface area contributed by atoms with Gasteiger partial charge in [-0.1, -0.05) is 0 Å². The van der Waals surface area contributed by atoms with Crippen LogP contribution in [0.4, 0.5) is 5.82 Å². The lowest BCUT2D eigenvalue weighted by Crippen LogP contribution is -2.45. The summed E-state index contributed by atoms with van der Waals surface area (Å²) < 4.78 is 6.25. The summed E-state index contributed by atoms with van der Waals surface area (Å²) in [5.74, 6) is 1.19. The van der Waals surface area contributed by atoms with Gasteiger partial charge in [0.25, 0.3) is 6.02 Å². The first kappa shape index (κ1) is 19.1. The Morgan fingerprint density at radius 1 is 1.21 bits per heavy atom. The first-order valence-corrected chi connectivity index (χ1v) is 10.8. The highest BCUT2D eigenvalue weighted by Crippen LogP contribution is 2.34. The largest absolute Gasteiger partial charge is 0.456 e. The second-order valence-electron chi connectivity index (χ2n) is 7.62. The van der Waals surface area contributed by atoms with Gasteiger partial charge in [0, 0.05) is 23.7 Å². The van der Waals surface area contributed by atoms with Crippen LogP contribution in [-0.4, -0.2) is 64.4 Å². The summed E-state index contributed by atoms with van der Waals surface area (Å²) >= 11 is 1.62. The molecule has 1 atom stereocenters. The number of likely N-dealkylation sites (tertiary alicyclic amines) is 1. The molecule has 7 nitrogen and oxygen atoms in total. The molecule has 0 aliphatic carbocycles. The minimum absolute atomic E-state index is 0.239. The van der Waals surface area contributed by atoms with Crippen molar-refractivity contribution in [2.45, 2.75) is 30.4 Å². The number of aromatic nitrogens is 3. The van der Waals surface area contributed by atoms with E-state index in [1.807, 2.05) is 30.7 Å². The molecule has 1 fully saturated rings. The van der Waals surface area contributed by atoms with Crippen molar-refractivity contribution in [1.29, 1.82) is 0 Å². The van der Waals surface area contributed by atoms with E-state index in [4.69, 9.17) is 4.74 Å². The predicted octanol–water partition coefficient (Wildman–Crippen LogP) is 3.16. The molecule has 2 aromatic rings. The van der Waals surface area contributed by atoms with Crippen LogP contribution in [0, 0.1) is 5.92 Å². The second-order valence-corrected chi connectivity index (χ2v) is 8.44. The summed E-state index contributed by atoms with van der Waals surface area (Å²) in [5.41, 5.74) is 1.53. The maximum atomic E-state index is 6.25. The van der Waals surface area contributed by atoms with Crippen molar-refractivity contribution in [1.82, 2.24) is 19.9 Å². The molecule has 0 radical (unpaired) electrons. The van der Waals surface area contributed by atoms with Crippen LogP contribution in [0.2, 0.25) is 0 Å². The van der Waals surface area contributed by atoms with Crippen molar-refractivity contribution in [3.05, 3.63) is 30.7 Å². The monoisotopic (exact) mass is 398 g/mol. The summed E-state index contributed by atoms with van der Waals surface area (Å²) in [6.07, 6.45) is 7.68. The number of pyridine rings is 1. The third-order valence-electron chi connectivity index (χ3n) is 5.59. The number of piperidine rings is 1. The standard InChI is InChI=1S/C20H26N6OS/c1-20(15-6-8-26(2)9-7-15)12-22-19(27-20)25-17-10-16(23-13-24-17)14-4-5-18(28-3)21-11-14/h4-5,10-11,13,15H,6-9,12H2,1-3H3,(H,22,23,24,25)/t20-/m1/s1. The molecule has 0 aromatic carbocycles. The van der Waals surface area contributed by atoms with E-state index in [1.54, 1.807) is 18.1 Å². The highest BCUT2D eigenvalue weighted by molar-refractivity contribution is 7.98. The van der Waals surface area contributed by atoms with Crippen LogP contribution in [0.25, 0.3) is 11.3 Å². The molecule has 0 spiro atoms. The number of amidine groups is 1. The average Bonchev–Trinajstić information content (AvgIpc) is 3.10. The number of ether oxygens (including phenoxy) is 1. The Labute approximate surface area is 170 Å². The third kappa shape index (κ3) is 4.12. The van der Waals surface area contributed by atoms with Gasteiger partial charge in [-0.3, -0.25) is 5.32 Å². The summed E-state index contributed by atoms with van der Waals surface area (Å²) in [6.45, 7) is 5.09. The zero-order valence-electron chi connectivity index (χ0n) is 16.6. The SMILES string of the molecule is CSc1ccc(-c2cc(NC3=NC[C@](C)(C4CCN(C)CC4)O3)ncn2)cn1. The number of nitrogens with one attached hydrogen (secondary N) is 1. The number of thioether (sulfide) groups is 1. The average molecular weight is 399 g/mol. The number of hydrogen-bond acceptors (Lipinski definition) is 8. The molecule has 0 bridgehead atoms. The first-order valence-electron chi connectivity index (χ1n) is 9.57. The van der Waals surface area contributed by atoms with Gasteiger partial charge in [-0.25, -0.2) is 19.9 Å². The van der Waals surface area contributed by atoms with E-state index in [9.17, 15) is 0 Å². The molecule has 4 rings (SSSR count). The predicted molar refractivity (Wildman–Crippen MR) is 113 cm³/mol. The topological polar surface area (TPSA) is 75.5 Å². The minimum atomic E-state index is -0.239. The molecule has 4 heterocycles. The van der Waals surface area contributed by atoms with Crippen molar-refractivity contribution in [2.75, 3.05) is 38.3 Å². The van der Waals surface area contributed by atoms with E-state index >= 15 is 0 Å². The Kier molecular flexibility index (Phi) is 5.50. The lowest BCUT2D eigenvalue weighted by molar-refractivity contribution is 0.0109. The lowest BCUT2D eigenvalue weighted by Gasteiger charge is -2.38. The van der Waals surface area contributed by atoms with Crippen LogP contribution in [0.1, 0.15) is 19.8 Å². The summed E-state index contributed by atoms with van der Waals surface area (Å²) in [5, 5.41) is 4.20. The fraction of sp³-hybridized carbons (Fsp3) is 0.500. The molecule has 2 aliphatic heterocycles. The van der Waals surface area contributed by atoms with Gasteiger partial charge in [-0.05, 0) is 58.3 Å². The van der Waals surface area contributed by atoms with Gasteiger partial charge in [0.15, 0.2) is 0 Å². The van der Waals surface area contributed by atoms with Crippen molar-refractivity contribution in [3.63, 3.8) is 0 Å². The number of anilines is 1. The molecule has 0 unspecified atom stereocenters. The molecule has 28 heavy (non-hydrogen) atoms. The number of rotatable bonds is 4. The third-order valence-corrected chi connectivity index (χ3v) is 6.25. The molecule has 0 amide bonds. The van der Waals surface area contributed by atoms with E-state index in [-0.39, 0.29) is 5.60 Å². The van der Waals surface area contributed by atoms with Crippen LogP contribution in [-0.2, 0) is 4.74 Å². The highest BCUT2D eigenvalue weighted by Gasteiger charge is 2.42. The molecule has 8 heteroatoms. The Bertz CT molecular complexity index is 850. The number of hydrogen-bond donors (Lipinski definition) is 1. The minimum Gasteiger partial charge on any atom is -0.456 e. The Balaban J connectivity index is 1.42. The molecular weight excluding hydrogens is 372 g/mol.